The first kappa shape index (κ1) is 11.9. The summed E-state index contributed by atoms with van der Waals surface area (Å²) in [5.74, 6) is -0.700. The van der Waals surface area contributed by atoms with E-state index in [-0.39, 0.29) is 11.1 Å². The molecule has 0 aliphatic rings. The maximum Gasteiger partial charge on any atom is 0.312 e. The fraction of sp³-hybridized carbons (Fsp3) is 0.222. The summed E-state index contributed by atoms with van der Waals surface area (Å²) in [5.41, 5.74) is 4.47. The Labute approximate surface area is 89.9 Å². The first-order chi connectivity index (χ1) is 7.51. The summed E-state index contributed by atoms with van der Waals surface area (Å²) in [6.45, 7) is -0.987. The number of hydrogen-bond donors (Lipinski definition) is 2. The van der Waals surface area contributed by atoms with Crippen molar-refractivity contribution in [2.45, 2.75) is 6.04 Å². The van der Waals surface area contributed by atoms with Gasteiger partial charge in [-0.3, -0.25) is 10.1 Å². The van der Waals surface area contributed by atoms with Gasteiger partial charge in [-0.15, -0.1) is 0 Å². The fourth-order valence-electron chi connectivity index (χ4n) is 1.21. The molecular weight excluding hydrogens is 217 g/mol. The molecule has 3 N–H and O–H groups in total. The van der Waals surface area contributed by atoms with Crippen molar-refractivity contribution in [2.75, 3.05) is 6.67 Å². The van der Waals surface area contributed by atoms with Crippen LogP contribution >= 0.6 is 0 Å². The number of nitro benzene ring substituents is 1. The SMILES string of the molecule is N#Cc1cc([C@@H](N)CF)c(O)c([N+](=O)[O-])c1. The molecule has 6 nitrogen and oxygen atoms in total. The summed E-state index contributed by atoms with van der Waals surface area (Å²) in [6.07, 6.45) is 0. The molecule has 7 heteroatoms. The topological polar surface area (TPSA) is 113 Å². The molecule has 0 bridgehead atoms. The highest BCUT2D eigenvalue weighted by Crippen LogP contribution is 2.34. The highest BCUT2D eigenvalue weighted by Gasteiger charge is 2.22. The zero-order valence-corrected chi connectivity index (χ0v) is 8.05. The van der Waals surface area contributed by atoms with E-state index >= 15 is 0 Å². The van der Waals surface area contributed by atoms with E-state index in [2.05, 4.69) is 0 Å². The molecular formula is C9H8FN3O3. The maximum atomic E-state index is 12.3. The molecule has 0 spiro atoms. The van der Waals surface area contributed by atoms with Crippen molar-refractivity contribution in [1.29, 1.82) is 5.26 Å². The van der Waals surface area contributed by atoms with E-state index in [0.29, 0.717) is 0 Å². The summed E-state index contributed by atoms with van der Waals surface area (Å²) in [4.78, 5) is 9.70. The van der Waals surface area contributed by atoms with Crippen molar-refractivity contribution in [3.05, 3.63) is 33.4 Å². The predicted molar refractivity (Wildman–Crippen MR) is 52.4 cm³/mol. The van der Waals surface area contributed by atoms with E-state index < -0.39 is 29.1 Å². The Balaban J connectivity index is 3.44. The average Bonchev–Trinajstić information content (AvgIpc) is 2.28. The standard InChI is InChI=1S/C9H8FN3O3/c10-3-7(12)6-1-5(4-11)2-8(9(6)14)13(15)16/h1-2,7,14H,3,12H2/t7-/m0/s1. The first-order valence-corrected chi connectivity index (χ1v) is 4.24. The lowest BCUT2D eigenvalue weighted by Gasteiger charge is -2.10. The van der Waals surface area contributed by atoms with Gasteiger partial charge in [0.2, 0.25) is 0 Å². The smallest absolute Gasteiger partial charge is 0.312 e. The summed E-state index contributed by atoms with van der Waals surface area (Å²) in [5, 5.41) is 28.7. The molecule has 0 aliphatic carbocycles. The number of nitrogens with zero attached hydrogens (tertiary/aromatic N) is 2. The second-order valence-electron chi connectivity index (χ2n) is 3.06. The van der Waals surface area contributed by atoms with Crippen molar-refractivity contribution in [1.82, 2.24) is 0 Å². The second-order valence-corrected chi connectivity index (χ2v) is 3.06. The lowest BCUT2D eigenvalue weighted by atomic mass is 10.0. The third-order valence-electron chi connectivity index (χ3n) is 2.01. The summed E-state index contributed by atoms with van der Waals surface area (Å²) < 4.78 is 12.3. The molecule has 0 aliphatic heterocycles. The highest BCUT2D eigenvalue weighted by molar-refractivity contribution is 5.56. The van der Waals surface area contributed by atoms with Crippen molar-refractivity contribution in [3.8, 4) is 11.8 Å². The molecule has 84 valence electrons. The number of halogens is 1. The predicted octanol–water partition coefficient (Wildman–Crippen LogP) is 1.14. The molecule has 1 aromatic rings. The molecule has 0 saturated carbocycles. The minimum atomic E-state index is -1.19. The van der Waals surface area contributed by atoms with Gasteiger partial charge in [0, 0.05) is 11.6 Å². The first-order valence-electron chi connectivity index (χ1n) is 4.24. The Bertz CT molecular complexity index is 470. The van der Waals surface area contributed by atoms with Crippen LogP contribution in [-0.4, -0.2) is 16.7 Å². The number of nitrogens with two attached hydrogens (primary N) is 1. The van der Waals surface area contributed by atoms with Crippen LogP contribution in [0.15, 0.2) is 12.1 Å². The van der Waals surface area contributed by atoms with Crippen LogP contribution in [0, 0.1) is 21.4 Å². The minimum absolute atomic E-state index is 0.0524. The molecule has 1 aromatic carbocycles. The molecule has 0 amide bonds. The normalized spacial score (nSPS) is 11.8. The molecule has 0 heterocycles. The van der Waals surface area contributed by atoms with Crippen LogP contribution in [0.25, 0.3) is 0 Å². The Kier molecular flexibility index (Phi) is 3.37. The largest absolute Gasteiger partial charge is 0.502 e. The van der Waals surface area contributed by atoms with Gasteiger partial charge < -0.3 is 10.8 Å². The highest BCUT2D eigenvalue weighted by atomic mass is 19.1. The molecule has 0 fully saturated rings. The van der Waals surface area contributed by atoms with Gasteiger partial charge in [-0.25, -0.2) is 4.39 Å². The third kappa shape index (κ3) is 2.07. The van der Waals surface area contributed by atoms with Crippen LogP contribution in [0.1, 0.15) is 17.2 Å². The van der Waals surface area contributed by atoms with Gasteiger partial charge in [-0.1, -0.05) is 0 Å². The number of benzene rings is 1. The zero-order chi connectivity index (χ0) is 12.3. The van der Waals surface area contributed by atoms with Crippen molar-refractivity contribution in [3.63, 3.8) is 0 Å². The Morgan fingerprint density at radius 1 is 1.69 bits per heavy atom. The number of nitriles is 1. The van der Waals surface area contributed by atoms with E-state index in [4.69, 9.17) is 11.0 Å². The van der Waals surface area contributed by atoms with Crippen LogP contribution in [0.4, 0.5) is 10.1 Å². The number of alkyl halides is 1. The summed E-state index contributed by atoms with van der Waals surface area (Å²) in [7, 11) is 0. The van der Waals surface area contributed by atoms with Gasteiger partial charge in [-0.05, 0) is 6.07 Å². The van der Waals surface area contributed by atoms with Gasteiger partial charge in [0.05, 0.1) is 22.6 Å². The zero-order valence-electron chi connectivity index (χ0n) is 8.05. The monoisotopic (exact) mass is 225 g/mol. The number of hydrogen-bond acceptors (Lipinski definition) is 5. The molecule has 0 saturated heterocycles. The minimum Gasteiger partial charge on any atom is -0.502 e. The molecule has 1 rings (SSSR count). The fourth-order valence-corrected chi connectivity index (χ4v) is 1.21. The van der Waals surface area contributed by atoms with E-state index in [1.54, 1.807) is 6.07 Å². The Morgan fingerprint density at radius 3 is 2.75 bits per heavy atom. The Hall–Kier alpha value is -2.20. The molecule has 0 aromatic heterocycles. The van der Waals surface area contributed by atoms with Gasteiger partial charge >= 0.3 is 5.69 Å². The lowest BCUT2D eigenvalue weighted by Crippen LogP contribution is -2.13. The van der Waals surface area contributed by atoms with Gasteiger partial charge in [0.15, 0.2) is 5.75 Å². The molecule has 0 radical (unpaired) electrons. The van der Waals surface area contributed by atoms with E-state index in [9.17, 15) is 19.6 Å². The number of rotatable bonds is 3. The van der Waals surface area contributed by atoms with Crippen LogP contribution in [0.3, 0.4) is 0 Å². The average molecular weight is 225 g/mol. The second kappa shape index (κ2) is 4.55. The van der Waals surface area contributed by atoms with Crippen molar-refractivity contribution < 1.29 is 14.4 Å². The van der Waals surface area contributed by atoms with E-state index in [1.807, 2.05) is 0 Å². The molecule has 1 atom stereocenters. The number of aromatic hydroxyl groups is 1. The van der Waals surface area contributed by atoms with Crippen LogP contribution < -0.4 is 5.73 Å². The molecule has 16 heavy (non-hydrogen) atoms. The lowest BCUT2D eigenvalue weighted by molar-refractivity contribution is -0.386. The van der Waals surface area contributed by atoms with E-state index in [1.165, 1.54) is 0 Å². The third-order valence-corrected chi connectivity index (χ3v) is 2.01. The quantitative estimate of drug-likeness (QED) is 0.591. The van der Waals surface area contributed by atoms with Gasteiger partial charge in [-0.2, -0.15) is 5.26 Å². The Morgan fingerprint density at radius 2 is 2.31 bits per heavy atom. The van der Waals surface area contributed by atoms with Crippen molar-refractivity contribution in [2.24, 2.45) is 5.73 Å². The summed E-state index contributed by atoms with van der Waals surface area (Å²) >= 11 is 0. The van der Waals surface area contributed by atoms with Gasteiger partial charge in [0.25, 0.3) is 0 Å². The van der Waals surface area contributed by atoms with E-state index in [0.717, 1.165) is 12.1 Å². The molecule has 0 unspecified atom stereocenters. The van der Waals surface area contributed by atoms with Crippen LogP contribution in [-0.2, 0) is 0 Å². The van der Waals surface area contributed by atoms with Gasteiger partial charge in [0.1, 0.15) is 6.67 Å². The number of phenolic OH excluding ortho intramolecular Hbond substituents is 1. The maximum absolute atomic E-state index is 12.3. The van der Waals surface area contributed by atoms with Crippen LogP contribution in [0.5, 0.6) is 5.75 Å². The number of phenols is 1. The summed E-state index contributed by atoms with van der Waals surface area (Å²) in [6, 6.07) is 2.53. The van der Waals surface area contributed by atoms with Crippen molar-refractivity contribution >= 4 is 5.69 Å². The number of nitro groups is 1. The van der Waals surface area contributed by atoms with Crippen LogP contribution in [0.2, 0.25) is 0 Å².